The van der Waals surface area contributed by atoms with E-state index >= 15 is 0 Å². The Kier molecular flexibility index (Phi) is 5.63. The minimum Gasteiger partial charge on any atom is -0.406 e. The second kappa shape index (κ2) is 8.01. The van der Waals surface area contributed by atoms with E-state index in [0.717, 1.165) is 28.2 Å². The number of amides is 1. The zero-order chi connectivity index (χ0) is 22.1. The van der Waals surface area contributed by atoms with Gasteiger partial charge in [-0.05, 0) is 57.2 Å². The smallest absolute Gasteiger partial charge is 0.406 e. The molecule has 1 N–H and O–H groups in total. The zero-order valence-electron chi connectivity index (χ0n) is 16.3. The maximum atomic E-state index is 12.6. The average molecular weight is 421 g/mol. The number of benzene rings is 1. The Morgan fingerprint density at radius 1 is 1.10 bits per heavy atom. The van der Waals surface area contributed by atoms with Crippen molar-refractivity contribution in [2.45, 2.75) is 33.2 Å². The molecule has 3 rings (SSSR count). The summed E-state index contributed by atoms with van der Waals surface area (Å²) < 4.78 is 43.0. The van der Waals surface area contributed by atoms with Crippen LogP contribution in [-0.4, -0.2) is 31.8 Å². The number of rotatable bonds is 5. The fourth-order valence-electron chi connectivity index (χ4n) is 2.76. The number of aromatic nitrogens is 4. The van der Waals surface area contributed by atoms with E-state index in [-0.39, 0.29) is 5.69 Å². The van der Waals surface area contributed by atoms with E-state index < -0.39 is 29.6 Å². The van der Waals surface area contributed by atoms with Crippen molar-refractivity contribution in [2.24, 2.45) is 0 Å². The molecule has 1 unspecified atom stereocenters. The quantitative estimate of drug-likeness (QED) is 0.684. The van der Waals surface area contributed by atoms with Gasteiger partial charge in [-0.2, -0.15) is 5.10 Å². The lowest BCUT2D eigenvalue weighted by Gasteiger charge is -2.15. The highest BCUT2D eigenvalue weighted by molar-refractivity contribution is 5.93. The van der Waals surface area contributed by atoms with Crippen LogP contribution in [0.15, 0.2) is 47.3 Å². The molecule has 0 fully saturated rings. The minimum atomic E-state index is -4.80. The Morgan fingerprint density at radius 2 is 1.77 bits per heavy atom. The summed E-state index contributed by atoms with van der Waals surface area (Å²) in [5.41, 5.74) is 1.33. The second-order valence-corrected chi connectivity index (χ2v) is 6.55. The summed E-state index contributed by atoms with van der Waals surface area (Å²) in [6, 6.07) is 8.31. The molecule has 1 amide bonds. The van der Waals surface area contributed by atoms with Crippen LogP contribution in [0, 0.1) is 13.8 Å². The van der Waals surface area contributed by atoms with Gasteiger partial charge in [0, 0.05) is 17.4 Å². The van der Waals surface area contributed by atoms with E-state index in [4.69, 9.17) is 0 Å². The van der Waals surface area contributed by atoms with Crippen LogP contribution in [0.5, 0.6) is 5.75 Å². The van der Waals surface area contributed by atoms with Gasteiger partial charge in [-0.3, -0.25) is 9.59 Å². The first-order valence-corrected chi connectivity index (χ1v) is 8.84. The van der Waals surface area contributed by atoms with Gasteiger partial charge >= 0.3 is 6.36 Å². The molecule has 0 saturated heterocycles. The van der Waals surface area contributed by atoms with E-state index in [1.54, 1.807) is 4.68 Å². The highest BCUT2D eigenvalue weighted by atomic mass is 19.4. The van der Waals surface area contributed by atoms with Gasteiger partial charge in [-0.15, -0.1) is 18.3 Å². The number of nitrogens with one attached hydrogen (secondary N) is 1. The molecule has 1 atom stereocenters. The van der Waals surface area contributed by atoms with Gasteiger partial charge in [0.25, 0.3) is 5.56 Å². The maximum Gasteiger partial charge on any atom is 0.573 e. The number of ether oxygens (including phenoxy) is 1. The predicted molar refractivity (Wildman–Crippen MR) is 102 cm³/mol. The van der Waals surface area contributed by atoms with Gasteiger partial charge in [0.1, 0.15) is 11.8 Å². The molecule has 0 bridgehead atoms. The third-order valence-electron chi connectivity index (χ3n) is 4.14. The molecule has 2 aromatic heterocycles. The summed E-state index contributed by atoms with van der Waals surface area (Å²) >= 11 is 0. The molecule has 0 aliphatic heterocycles. The van der Waals surface area contributed by atoms with Crippen molar-refractivity contribution < 1.29 is 22.7 Å². The number of hydrogen-bond acceptors (Lipinski definition) is 5. The zero-order valence-corrected chi connectivity index (χ0v) is 16.3. The van der Waals surface area contributed by atoms with Gasteiger partial charge in [0.05, 0.1) is 5.69 Å². The largest absolute Gasteiger partial charge is 0.573 e. The molecule has 0 saturated carbocycles. The fraction of sp³-hybridized carbons (Fsp3) is 0.263. The first kappa shape index (κ1) is 21.1. The van der Waals surface area contributed by atoms with Crippen molar-refractivity contribution in [3.8, 4) is 11.6 Å². The third kappa shape index (κ3) is 4.85. The van der Waals surface area contributed by atoms with Crippen LogP contribution in [0.1, 0.15) is 24.4 Å². The monoisotopic (exact) mass is 421 g/mol. The standard InChI is InChI=1S/C19H18F3N5O3/c1-11-10-12(2)26(24-11)16-8-9-17(28)27(25-16)13(3)18(29)23-14-4-6-15(7-5-14)30-19(20,21)22/h4-10,13H,1-3H3,(H,23,29). The summed E-state index contributed by atoms with van der Waals surface area (Å²) in [4.78, 5) is 24.8. The SMILES string of the molecule is Cc1cc(C)n(-c2ccc(=O)n(C(C)C(=O)Nc3ccc(OC(F)(F)F)cc3)n2)n1. The van der Waals surface area contributed by atoms with Gasteiger partial charge < -0.3 is 10.1 Å². The van der Waals surface area contributed by atoms with Crippen molar-refractivity contribution in [3.05, 3.63) is 64.2 Å². The molecule has 158 valence electrons. The highest BCUT2D eigenvalue weighted by Crippen LogP contribution is 2.24. The minimum absolute atomic E-state index is 0.240. The normalized spacial score (nSPS) is 12.5. The number of hydrogen-bond donors (Lipinski definition) is 1. The Balaban J connectivity index is 1.78. The number of carbonyl (C=O) groups excluding carboxylic acids is 1. The Hall–Kier alpha value is -3.63. The van der Waals surface area contributed by atoms with Gasteiger partial charge in [-0.25, -0.2) is 9.36 Å². The average Bonchev–Trinajstić information content (AvgIpc) is 3.00. The van der Waals surface area contributed by atoms with Crippen LogP contribution in [0.2, 0.25) is 0 Å². The summed E-state index contributed by atoms with van der Waals surface area (Å²) in [6.45, 7) is 5.13. The fourth-order valence-corrected chi connectivity index (χ4v) is 2.76. The van der Waals surface area contributed by atoms with E-state index in [1.165, 1.54) is 31.2 Å². The van der Waals surface area contributed by atoms with E-state index in [1.807, 2.05) is 19.9 Å². The van der Waals surface area contributed by atoms with Crippen molar-refractivity contribution in [1.82, 2.24) is 19.6 Å². The molecule has 0 aliphatic carbocycles. The first-order valence-electron chi connectivity index (χ1n) is 8.84. The highest BCUT2D eigenvalue weighted by Gasteiger charge is 2.31. The number of aryl methyl sites for hydroxylation is 2. The molecule has 3 aromatic rings. The molecule has 11 heteroatoms. The Labute approximate surface area is 168 Å². The van der Waals surface area contributed by atoms with Crippen LogP contribution in [0.25, 0.3) is 5.82 Å². The van der Waals surface area contributed by atoms with E-state index in [0.29, 0.717) is 5.82 Å². The molecule has 8 nitrogen and oxygen atoms in total. The molecule has 2 heterocycles. The Morgan fingerprint density at radius 3 is 2.33 bits per heavy atom. The maximum absolute atomic E-state index is 12.6. The van der Waals surface area contributed by atoms with Crippen molar-refractivity contribution in [2.75, 3.05) is 5.32 Å². The Bertz CT molecular complexity index is 1120. The van der Waals surface area contributed by atoms with Crippen molar-refractivity contribution in [3.63, 3.8) is 0 Å². The summed E-state index contributed by atoms with van der Waals surface area (Å²) in [5, 5.41) is 11.1. The lowest BCUT2D eigenvalue weighted by Crippen LogP contribution is -2.33. The first-order chi connectivity index (χ1) is 14.0. The predicted octanol–water partition coefficient (Wildman–Crippen LogP) is 3.14. The molecule has 1 aromatic carbocycles. The molecular weight excluding hydrogens is 403 g/mol. The second-order valence-electron chi connectivity index (χ2n) is 6.55. The number of nitrogens with zero attached hydrogens (tertiary/aromatic N) is 4. The topological polar surface area (TPSA) is 91.0 Å². The van der Waals surface area contributed by atoms with Gasteiger partial charge in [-0.1, -0.05) is 0 Å². The van der Waals surface area contributed by atoms with Crippen LogP contribution < -0.4 is 15.6 Å². The summed E-state index contributed by atoms with van der Waals surface area (Å²) in [5.74, 6) is -0.614. The van der Waals surface area contributed by atoms with E-state index in [9.17, 15) is 22.8 Å². The van der Waals surface area contributed by atoms with Crippen LogP contribution in [0.4, 0.5) is 18.9 Å². The number of alkyl halides is 3. The van der Waals surface area contributed by atoms with Crippen LogP contribution in [-0.2, 0) is 4.79 Å². The van der Waals surface area contributed by atoms with Gasteiger partial charge in [0.15, 0.2) is 5.82 Å². The van der Waals surface area contributed by atoms with Crippen molar-refractivity contribution >= 4 is 11.6 Å². The molecule has 30 heavy (non-hydrogen) atoms. The number of carbonyl (C=O) groups is 1. The van der Waals surface area contributed by atoms with E-state index in [2.05, 4.69) is 20.3 Å². The number of halogens is 3. The third-order valence-corrected chi connectivity index (χ3v) is 4.14. The lowest BCUT2D eigenvalue weighted by atomic mass is 10.2. The molecule has 0 spiro atoms. The van der Waals surface area contributed by atoms with Crippen LogP contribution in [0.3, 0.4) is 0 Å². The van der Waals surface area contributed by atoms with Crippen LogP contribution >= 0.6 is 0 Å². The molecular formula is C19H18F3N5O3. The summed E-state index contributed by atoms with van der Waals surface area (Å²) in [6.07, 6.45) is -4.80. The lowest BCUT2D eigenvalue weighted by molar-refractivity contribution is -0.274. The molecule has 0 radical (unpaired) electrons. The van der Waals surface area contributed by atoms with Crippen molar-refractivity contribution in [1.29, 1.82) is 0 Å². The van der Waals surface area contributed by atoms with Gasteiger partial charge in [0.2, 0.25) is 5.91 Å². The number of anilines is 1. The summed E-state index contributed by atoms with van der Waals surface area (Å²) in [7, 11) is 0. The molecule has 0 aliphatic rings.